The molecule has 5 heteroatoms. The van der Waals surface area contributed by atoms with Crippen LogP contribution in [0.15, 0.2) is 42.5 Å². The lowest BCUT2D eigenvalue weighted by atomic mass is 10.1. The van der Waals surface area contributed by atoms with Crippen LogP contribution in [-0.2, 0) is 21.3 Å². The first-order valence-electron chi connectivity index (χ1n) is 6.17. The Hall–Kier alpha value is -1.72. The van der Waals surface area contributed by atoms with Gasteiger partial charge in [-0.2, -0.15) is 0 Å². The van der Waals surface area contributed by atoms with Crippen molar-refractivity contribution in [2.75, 3.05) is 5.75 Å². The fourth-order valence-electron chi connectivity index (χ4n) is 2.26. The van der Waals surface area contributed by atoms with Gasteiger partial charge in [0.1, 0.15) is 5.75 Å². The van der Waals surface area contributed by atoms with E-state index in [0.29, 0.717) is 5.75 Å². The summed E-state index contributed by atoms with van der Waals surface area (Å²) in [5.41, 5.74) is 6.04. The van der Waals surface area contributed by atoms with Crippen LogP contribution in [0.5, 0.6) is 0 Å². The molecule has 0 fully saturated rings. The molecule has 2 N–H and O–H groups in total. The van der Waals surface area contributed by atoms with Gasteiger partial charge in [0, 0.05) is 36.7 Å². The lowest BCUT2D eigenvalue weighted by Gasteiger charge is -2.01. The molecule has 0 unspecified atom stereocenters. The standard InChI is InChI=1S/C15H13NO2S2/c16-15(17)9-20(18)8-10-5-6-14-12(7-10)11-3-1-2-4-13(11)19-14/h1-7H,8-9H2,(H2,16,17)/t20-/m0/s1. The molecule has 1 heterocycles. The predicted molar refractivity (Wildman–Crippen MR) is 85.2 cm³/mol. The van der Waals surface area contributed by atoms with Crippen LogP contribution in [0, 0.1) is 0 Å². The van der Waals surface area contributed by atoms with Crippen molar-refractivity contribution in [1.29, 1.82) is 0 Å². The molecular weight excluding hydrogens is 290 g/mol. The Kier molecular flexibility index (Phi) is 3.54. The predicted octanol–water partition coefficient (Wildman–Crippen LogP) is 2.79. The SMILES string of the molecule is NC(=O)C[S@@](=O)Cc1ccc2sc3ccccc3c2c1. The van der Waals surface area contributed by atoms with Crippen molar-refractivity contribution in [1.82, 2.24) is 0 Å². The summed E-state index contributed by atoms with van der Waals surface area (Å²) in [6, 6.07) is 14.3. The zero-order chi connectivity index (χ0) is 14.1. The van der Waals surface area contributed by atoms with E-state index >= 15 is 0 Å². The van der Waals surface area contributed by atoms with E-state index in [-0.39, 0.29) is 5.75 Å². The minimum atomic E-state index is -1.24. The highest BCUT2D eigenvalue weighted by Crippen LogP contribution is 2.34. The molecule has 1 amide bonds. The van der Waals surface area contributed by atoms with Crippen LogP contribution in [-0.4, -0.2) is 15.9 Å². The third-order valence-electron chi connectivity index (χ3n) is 3.07. The fourth-order valence-corrected chi connectivity index (χ4v) is 4.32. The Bertz CT molecular complexity index is 823. The maximum atomic E-state index is 11.8. The lowest BCUT2D eigenvalue weighted by Crippen LogP contribution is -2.20. The molecule has 0 aliphatic heterocycles. The van der Waals surface area contributed by atoms with Gasteiger partial charge in [0.2, 0.25) is 5.91 Å². The Morgan fingerprint density at radius 1 is 1.10 bits per heavy atom. The van der Waals surface area contributed by atoms with Gasteiger partial charge >= 0.3 is 0 Å². The van der Waals surface area contributed by atoms with Crippen molar-refractivity contribution in [2.45, 2.75) is 5.75 Å². The summed E-state index contributed by atoms with van der Waals surface area (Å²) in [7, 11) is -1.24. The molecule has 20 heavy (non-hydrogen) atoms. The Balaban J connectivity index is 1.99. The van der Waals surface area contributed by atoms with Gasteiger partial charge in [-0.15, -0.1) is 11.3 Å². The second-order valence-electron chi connectivity index (χ2n) is 4.62. The van der Waals surface area contributed by atoms with Gasteiger partial charge in [0.25, 0.3) is 0 Å². The number of rotatable bonds is 4. The van der Waals surface area contributed by atoms with Crippen LogP contribution in [0.2, 0.25) is 0 Å². The van der Waals surface area contributed by atoms with Gasteiger partial charge < -0.3 is 5.73 Å². The highest BCUT2D eigenvalue weighted by atomic mass is 32.2. The van der Waals surface area contributed by atoms with Crippen molar-refractivity contribution in [2.24, 2.45) is 5.73 Å². The van der Waals surface area contributed by atoms with Crippen LogP contribution < -0.4 is 5.73 Å². The molecule has 0 aliphatic rings. The molecule has 3 nitrogen and oxygen atoms in total. The van der Waals surface area contributed by atoms with Crippen molar-refractivity contribution < 1.29 is 9.00 Å². The number of nitrogens with two attached hydrogens (primary N) is 1. The summed E-state index contributed by atoms with van der Waals surface area (Å²) >= 11 is 1.75. The van der Waals surface area contributed by atoms with E-state index in [1.54, 1.807) is 11.3 Å². The summed E-state index contributed by atoms with van der Waals surface area (Å²) < 4.78 is 14.2. The van der Waals surface area contributed by atoms with Gasteiger partial charge in [-0.1, -0.05) is 24.3 Å². The van der Waals surface area contributed by atoms with E-state index in [9.17, 15) is 9.00 Å². The van der Waals surface area contributed by atoms with E-state index in [0.717, 1.165) is 5.56 Å². The molecule has 0 spiro atoms. The van der Waals surface area contributed by atoms with Crippen molar-refractivity contribution >= 4 is 48.2 Å². The van der Waals surface area contributed by atoms with E-state index in [2.05, 4.69) is 24.3 Å². The molecule has 0 bridgehead atoms. The summed E-state index contributed by atoms with van der Waals surface area (Å²) in [5, 5.41) is 2.40. The highest BCUT2D eigenvalue weighted by molar-refractivity contribution is 7.84. The Morgan fingerprint density at radius 2 is 1.85 bits per heavy atom. The molecule has 0 saturated heterocycles. The van der Waals surface area contributed by atoms with Crippen molar-refractivity contribution in [3.63, 3.8) is 0 Å². The number of carbonyl (C=O) groups is 1. The van der Waals surface area contributed by atoms with Crippen LogP contribution in [0.1, 0.15) is 5.56 Å². The fraction of sp³-hybridized carbons (Fsp3) is 0.133. The van der Waals surface area contributed by atoms with Crippen molar-refractivity contribution in [3.05, 3.63) is 48.0 Å². The third kappa shape index (κ3) is 2.59. The number of carbonyl (C=O) groups excluding carboxylic acids is 1. The molecule has 0 radical (unpaired) electrons. The molecule has 1 aromatic heterocycles. The van der Waals surface area contributed by atoms with Gasteiger partial charge in [0.15, 0.2) is 0 Å². The van der Waals surface area contributed by atoms with E-state index in [1.807, 2.05) is 18.2 Å². The number of primary amides is 1. The maximum absolute atomic E-state index is 11.8. The zero-order valence-corrected chi connectivity index (χ0v) is 12.3. The van der Waals surface area contributed by atoms with Crippen molar-refractivity contribution in [3.8, 4) is 0 Å². The largest absolute Gasteiger partial charge is 0.369 e. The highest BCUT2D eigenvalue weighted by Gasteiger charge is 2.08. The van der Waals surface area contributed by atoms with Gasteiger partial charge in [-0.25, -0.2) is 0 Å². The summed E-state index contributed by atoms with van der Waals surface area (Å²) in [6.45, 7) is 0. The van der Waals surface area contributed by atoms with Gasteiger partial charge in [0.05, 0.1) is 0 Å². The topological polar surface area (TPSA) is 60.2 Å². The van der Waals surface area contributed by atoms with Gasteiger partial charge in [-0.3, -0.25) is 9.00 Å². The number of thiophene rings is 1. The van der Waals surface area contributed by atoms with Crippen LogP contribution >= 0.6 is 11.3 Å². The molecule has 3 rings (SSSR count). The summed E-state index contributed by atoms with van der Waals surface area (Å²) in [4.78, 5) is 10.8. The lowest BCUT2D eigenvalue weighted by molar-refractivity contribution is -0.115. The molecule has 2 aromatic carbocycles. The first-order valence-corrected chi connectivity index (χ1v) is 8.47. The minimum Gasteiger partial charge on any atom is -0.369 e. The second kappa shape index (κ2) is 5.34. The Morgan fingerprint density at radius 3 is 2.65 bits per heavy atom. The third-order valence-corrected chi connectivity index (χ3v) is 5.49. The van der Waals surface area contributed by atoms with Crippen LogP contribution in [0.25, 0.3) is 20.2 Å². The second-order valence-corrected chi connectivity index (χ2v) is 7.16. The minimum absolute atomic E-state index is 0.0809. The first kappa shape index (κ1) is 13.3. The number of amides is 1. The summed E-state index contributed by atoms with van der Waals surface area (Å²) in [6.07, 6.45) is 0. The number of hydrogen-bond acceptors (Lipinski definition) is 3. The number of benzene rings is 2. The van der Waals surface area contributed by atoms with Crippen LogP contribution in [0.3, 0.4) is 0 Å². The number of hydrogen-bond donors (Lipinski definition) is 1. The zero-order valence-electron chi connectivity index (χ0n) is 10.7. The van der Waals surface area contributed by atoms with E-state index in [1.165, 1.54) is 20.2 Å². The quantitative estimate of drug-likeness (QED) is 0.805. The monoisotopic (exact) mass is 303 g/mol. The number of fused-ring (bicyclic) bond motifs is 3. The molecule has 3 aromatic rings. The average Bonchev–Trinajstić information content (AvgIpc) is 2.76. The maximum Gasteiger partial charge on any atom is 0.230 e. The molecular formula is C15H13NO2S2. The molecule has 0 saturated carbocycles. The van der Waals surface area contributed by atoms with Crippen LogP contribution in [0.4, 0.5) is 0 Å². The first-order chi connectivity index (χ1) is 9.63. The van der Waals surface area contributed by atoms with Gasteiger partial charge in [-0.05, 0) is 23.8 Å². The van der Waals surface area contributed by atoms with E-state index < -0.39 is 16.7 Å². The molecule has 1 atom stereocenters. The summed E-state index contributed by atoms with van der Waals surface area (Å²) in [5.74, 6) is -0.240. The normalized spacial score (nSPS) is 12.8. The Labute approximate surface area is 122 Å². The average molecular weight is 303 g/mol. The molecule has 0 aliphatic carbocycles. The molecule has 102 valence electrons. The van der Waals surface area contributed by atoms with E-state index in [4.69, 9.17) is 5.73 Å². The smallest absolute Gasteiger partial charge is 0.230 e.